The molecule has 3 rings (SSSR count). The van der Waals surface area contributed by atoms with Crippen LogP contribution in [0.2, 0.25) is 0 Å². The zero-order valence-electron chi connectivity index (χ0n) is 13.9. The number of benzene rings is 3. The van der Waals surface area contributed by atoms with Gasteiger partial charge in [-0.05, 0) is 28.5 Å². The Kier molecular flexibility index (Phi) is 4.92. The summed E-state index contributed by atoms with van der Waals surface area (Å²) < 4.78 is 0. The molecule has 0 heterocycles. The predicted molar refractivity (Wildman–Crippen MR) is 98.7 cm³/mol. The normalized spacial score (nSPS) is 12.5. The molecule has 0 N–H and O–H groups in total. The van der Waals surface area contributed by atoms with Gasteiger partial charge < -0.3 is 0 Å². The monoisotopic (exact) mass is 300 g/mol. The quantitative estimate of drug-likeness (QED) is 0.522. The summed E-state index contributed by atoms with van der Waals surface area (Å²) in [5, 5.41) is 0. The third-order valence-electron chi connectivity index (χ3n) is 4.58. The first kappa shape index (κ1) is 15.6. The summed E-state index contributed by atoms with van der Waals surface area (Å²) in [6.45, 7) is 4.66. The van der Waals surface area contributed by atoms with E-state index >= 15 is 0 Å². The second-order valence-corrected chi connectivity index (χ2v) is 6.48. The molecule has 0 fully saturated rings. The third kappa shape index (κ3) is 3.53. The van der Waals surface area contributed by atoms with Crippen molar-refractivity contribution in [3.63, 3.8) is 0 Å². The number of rotatable bonds is 5. The Morgan fingerprint density at radius 3 is 1.17 bits per heavy atom. The number of hydrogen-bond donors (Lipinski definition) is 0. The topological polar surface area (TPSA) is 0 Å². The molecule has 0 amide bonds. The lowest BCUT2D eigenvalue weighted by molar-refractivity contribution is 0.453. The summed E-state index contributed by atoms with van der Waals surface area (Å²) in [5.41, 5.74) is 4.20. The molecular weight excluding hydrogens is 276 g/mol. The standard InChI is InChI=1S/C23H24/c1-18(2)22(19-12-6-3-7-13-19)23(20-14-8-4-9-15-20)21-16-10-5-11-17-21/h3-18,22-23H,1-2H3. The van der Waals surface area contributed by atoms with E-state index < -0.39 is 0 Å². The predicted octanol–water partition coefficient (Wildman–Crippen LogP) is 6.26. The van der Waals surface area contributed by atoms with Crippen molar-refractivity contribution in [2.24, 2.45) is 5.92 Å². The van der Waals surface area contributed by atoms with Gasteiger partial charge in [0.25, 0.3) is 0 Å². The van der Waals surface area contributed by atoms with Crippen LogP contribution in [0.15, 0.2) is 91.0 Å². The largest absolute Gasteiger partial charge is 0.0622 e. The highest BCUT2D eigenvalue weighted by Gasteiger charge is 2.28. The maximum Gasteiger partial charge on any atom is 0.0160 e. The van der Waals surface area contributed by atoms with Gasteiger partial charge >= 0.3 is 0 Å². The molecule has 1 unspecified atom stereocenters. The van der Waals surface area contributed by atoms with E-state index in [0.29, 0.717) is 17.8 Å². The summed E-state index contributed by atoms with van der Waals surface area (Å²) in [4.78, 5) is 0. The fourth-order valence-electron chi connectivity index (χ4n) is 3.57. The average molecular weight is 300 g/mol. The van der Waals surface area contributed by atoms with E-state index in [0.717, 1.165) is 0 Å². The van der Waals surface area contributed by atoms with Gasteiger partial charge in [0, 0.05) is 5.92 Å². The van der Waals surface area contributed by atoms with Crippen LogP contribution < -0.4 is 0 Å². The molecule has 0 heteroatoms. The van der Waals surface area contributed by atoms with Gasteiger partial charge in [0.1, 0.15) is 0 Å². The Morgan fingerprint density at radius 2 is 0.826 bits per heavy atom. The van der Waals surface area contributed by atoms with E-state index in [2.05, 4.69) is 105 Å². The van der Waals surface area contributed by atoms with Crippen LogP contribution in [-0.2, 0) is 0 Å². The van der Waals surface area contributed by atoms with Crippen molar-refractivity contribution < 1.29 is 0 Å². The molecule has 116 valence electrons. The summed E-state index contributed by atoms with van der Waals surface area (Å²) in [6, 6.07) is 32.8. The molecule has 0 saturated carbocycles. The maximum absolute atomic E-state index is 2.33. The Morgan fingerprint density at radius 1 is 0.478 bits per heavy atom. The highest BCUT2D eigenvalue weighted by atomic mass is 14.3. The van der Waals surface area contributed by atoms with Gasteiger partial charge in [-0.2, -0.15) is 0 Å². The molecule has 3 aromatic carbocycles. The molecule has 3 aromatic rings. The van der Waals surface area contributed by atoms with E-state index in [1.807, 2.05) is 0 Å². The SMILES string of the molecule is CC(C)C(c1ccccc1)C(c1ccccc1)c1ccccc1. The fraction of sp³-hybridized carbons (Fsp3) is 0.217. The van der Waals surface area contributed by atoms with Crippen LogP contribution in [0.3, 0.4) is 0 Å². The first-order chi connectivity index (χ1) is 11.3. The lowest BCUT2D eigenvalue weighted by Crippen LogP contribution is -2.18. The Bertz CT molecular complexity index is 659. The summed E-state index contributed by atoms with van der Waals surface area (Å²) in [7, 11) is 0. The van der Waals surface area contributed by atoms with Gasteiger partial charge in [-0.25, -0.2) is 0 Å². The first-order valence-corrected chi connectivity index (χ1v) is 8.42. The summed E-state index contributed by atoms with van der Waals surface area (Å²) >= 11 is 0. The van der Waals surface area contributed by atoms with Crippen molar-refractivity contribution in [2.45, 2.75) is 25.7 Å². The molecule has 0 aromatic heterocycles. The molecule has 0 aliphatic carbocycles. The van der Waals surface area contributed by atoms with Crippen molar-refractivity contribution in [1.82, 2.24) is 0 Å². The van der Waals surface area contributed by atoms with Crippen LogP contribution in [0.5, 0.6) is 0 Å². The minimum absolute atomic E-state index is 0.375. The van der Waals surface area contributed by atoms with Crippen LogP contribution >= 0.6 is 0 Å². The van der Waals surface area contributed by atoms with Crippen LogP contribution in [0.1, 0.15) is 42.4 Å². The fourth-order valence-corrected chi connectivity index (χ4v) is 3.57. The van der Waals surface area contributed by atoms with Crippen molar-refractivity contribution in [3.8, 4) is 0 Å². The van der Waals surface area contributed by atoms with Gasteiger partial charge in [-0.3, -0.25) is 0 Å². The second kappa shape index (κ2) is 7.28. The average Bonchev–Trinajstić information content (AvgIpc) is 2.61. The zero-order chi connectivity index (χ0) is 16.1. The van der Waals surface area contributed by atoms with Crippen molar-refractivity contribution in [2.75, 3.05) is 0 Å². The number of hydrogen-bond acceptors (Lipinski definition) is 0. The lowest BCUT2D eigenvalue weighted by Gasteiger charge is -2.32. The Balaban J connectivity index is 2.13. The molecule has 0 spiro atoms. The summed E-state index contributed by atoms with van der Waals surface area (Å²) in [5.74, 6) is 1.39. The van der Waals surface area contributed by atoms with Crippen LogP contribution in [0, 0.1) is 5.92 Å². The van der Waals surface area contributed by atoms with Gasteiger partial charge in [0.05, 0.1) is 0 Å². The molecule has 0 radical (unpaired) electrons. The zero-order valence-corrected chi connectivity index (χ0v) is 13.9. The minimum atomic E-state index is 0.375. The van der Waals surface area contributed by atoms with E-state index in [9.17, 15) is 0 Å². The van der Waals surface area contributed by atoms with Gasteiger partial charge in [-0.15, -0.1) is 0 Å². The smallest absolute Gasteiger partial charge is 0.0160 e. The van der Waals surface area contributed by atoms with E-state index in [4.69, 9.17) is 0 Å². The molecule has 0 aliphatic rings. The van der Waals surface area contributed by atoms with Crippen molar-refractivity contribution in [1.29, 1.82) is 0 Å². The molecular formula is C23H24. The van der Waals surface area contributed by atoms with Crippen LogP contribution in [0.4, 0.5) is 0 Å². The van der Waals surface area contributed by atoms with Gasteiger partial charge in [0.15, 0.2) is 0 Å². The third-order valence-corrected chi connectivity index (χ3v) is 4.58. The first-order valence-electron chi connectivity index (χ1n) is 8.42. The van der Waals surface area contributed by atoms with E-state index in [1.165, 1.54) is 16.7 Å². The molecule has 0 saturated heterocycles. The van der Waals surface area contributed by atoms with E-state index in [-0.39, 0.29) is 0 Å². The van der Waals surface area contributed by atoms with Crippen LogP contribution in [0.25, 0.3) is 0 Å². The highest BCUT2D eigenvalue weighted by molar-refractivity contribution is 5.38. The van der Waals surface area contributed by atoms with Gasteiger partial charge in [0.2, 0.25) is 0 Å². The van der Waals surface area contributed by atoms with Crippen LogP contribution in [-0.4, -0.2) is 0 Å². The molecule has 0 bridgehead atoms. The summed E-state index contributed by atoms with van der Waals surface area (Å²) in [6.07, 6.45) is 0. The maximum atomic E-state index is 2.33. The molecule has 0 nitrogen and oxygen atoms in total. The second-order valence-electron chi connectivity index (χ2n) is 6.48. The molecule has 1 atom stereocenters. The van der Waals surface area contributed by atoms with Crippen molar-refractivity contribution in [3.05, 3.63) is 108 Å². The Hall–Kier alpha value is -2.34. The molecule has 0 aliphatic heterocycles. The lowest BCUT2D eigenvalue weighted by atomic mass is 9.72. The van der Waals surface area contributed by atoms with Gasteiger partial charge in [-0.1, -0.05) is 105 Å². The van der Waals surface area contributed by atoms with E-state index in [1.54, 1.807) is 0 Å². The minimum Gasteiger partial charge on any atom is -0.0622 e. The highest BCUT2D eigenvalue weighted by Crippen LogP contribution is 2.42. The van der Waals surface area contributed by atoms with Crippen molar-refractivity contribution >= 4 is 0 Å². The Labute approximate surface area is 139 Å². The molecule has 23 heavy (non-hydrogen) atoms.